The lowest BCUT2D eigenvalue weighted by atomic mass is 9.93. The van der Waals surface area contributed by atoms with E-state index in [2.05, 4.69) is 17.6 Å². The topological polar surface area (TPSA) is 24.1 Å². The van der Waals surface area contributed by atoms with Gasteiger partial charge in [0.05, 0.1) is 0 Å². The first-order valence-electron chi connectivity index (χ1n) is 5.35. The molecule has 1 fully saturated rings. The van der Waals surface area contributed by atoms with Crippen LogP contribution in [-0.4, -0.2) is 26.2 Å². The number of piperidine rings is 1. The molecule has 0 unspecified atom stereocenters. The van der Waals surface area contributed by atoms with Crippen molar-refractivity contribution >= 4 is 0 Å². The van der Waals surface area contributed by atoms with Crippen molar-refractivity contribution in [1.29, 1.82) is 0 Å². The van der Waals surface area contributed by atoms with E-state index in [4.69, 9.17) is 0 Å². The number of hydrogen-bond acceptors (Lipinski definition) is 2. The monoisotopic (exact) mass is 170 g/mol. The molecule has 0 aliphatic carbocycles. The normalized spacial score (nSPS) is 19.8. The molecule has 0 aromatic carbocycles. The summed E-state index contributed by atoms with van der Waals surface area (Å²) >= 11 is 0. The molecule has 1 aliphatic heterocycles. The van der Waals surface area contributed by atoms with Gasteiger partial charge in [-0.05, 0) is 57.8 Å². The van der Waals surface area contributed by atoms with E-state index in [0.717, 1.165) is 12.5 Å². The lowest BCUT2D eigenvalue weighted by Crippen LogP contribution is -2.28. The SMILES string of the molecule is CCNCCCC1CCNCC1. The van der Waals surface area contributed by atoms with Gasteiger partial charge in [0, 0.05) is 0 Å². The van der Waals surface area contributed by atoms with Gasteiger partial charge < -0.3 is 10.6 Å². The maximum absolute atomic E-state index is 3.40. The van der Waals surface area contributed by atoms with Crippen molar-refractivity contribution in [3.8, 4) is 0 Å². The quantitative estimate of drug-likeness (QED) is 0.609. The molecule has 0 aromatic rings. The summed E-state index contributed by atoms with van der Waals surface area (Å²) in [4.78, 5) is 0. The minimum absolute atomic E-state index is 1.00. The van der Waals surface area contributed by atoms with Gasteiger partial charge in [0.1, 0.15) is 0 Å². The van der Waals surface area contributed by atoms with Gasteiger partial charge in [0.25, 0.3) is 0 Å². The average molecular weight is 170 g/mol. The fraction of sp³-hybridized carbons (Fsp3) is 1.00. The lowest BCUT2D eigenvalue weighted by molar-refractivity contribution is 0.345. The van der Waals surface area contributed by atoms with Crippen molar-refractivity contribution in [2.45, 2.75) is 32.6 Å². The molecule has 0 radical (unpaired) electrons. The predicted molar refractivity (Wildman–Crippen MR) is 53.4 cm³/mol. The number of rotatable bonds is 5. The van der Waals surface area contributed by atoms with Gasteiger partial charge in [-0.2, -0.15) is 0 Å². The number of nitrogens with one attached hydrogen (secondary N) is 2. The van der Waals surface area contributed by atoms with Crippen molar-refractivity contribution in [1.82, 2.24) is 10.6 Å². The van der Waals surface area contributed by atoms with Crippen LogP contribution < -0.4 is 10.6 Å². The fourth-order valence-electron chi connectivity index (χ4n) is 1.86. The molecule has 1 rings (SSSR count). The molecule has 1 heterocycles. The van der Waals surface area contributed by atoms with E-state index in [1.165, 1.54) is 45.3 Å². The Morgan fingerprint density at radius 3 is 2.75 bits per heavy atom. The molecule has 0 spiro atoms. The van der Waals surface area contributed by atoms with Crippen LogP contribution in [0.2, 0.25) is 0 Å². The van der Waals surface area contributed by atoms with Gasteiger partial charge in [0.2, 0.25) is 0 Å². The molecule has 0 bridgehead atoms. The van der Waals surface area contributed by atoms with E-state index >= 15 is 0 Å². The Balaban J connectivity index is 1.91. The van der Waals surface area contributed by atoms with Gasteiger partial charge >= 0.3 is 0 Å². The summed E-state index contributed by atoms with van der Waals surface area (Å²) in [5.41, 5.74) is 0. The maximum Gasteiger partial charge on any atom is -0.00463 e. The van der Waals surface area contributed by atoms with Crippen LogP contribution in [0.1, 0.15) is 32.6 Å². The highest BCUT2D eigenvalue weighted by Gasteiger charge is 2.11. The molecule has 2 heteroatoms. The Morgan fingerprint density at radius 1 is 1.33 bits per heavy atom. The van der Waals surface area contributed by atoms with Crippen LogP contribution in [-0.2, 0) is 0 Å². The smallest absolute Gasteiger partial charge is 0.00463 e. The summed E-state index contributed by atoms with van der Waals surface area (Å²) in [5, 5.41) is 6.77. The van der Waals surface area contributed by atoms with Crippen LogP contribution in [0, 0.1) is 5.92 Å². The van der Waals surface area contributed by atoms with Crippen molar-refractivity contribution < 1.29 is 0 Å². The summed E-state index contributed by atoms with van der Waals surface area (Å²) in [6.07, 6.45) is 5.57. The fourth-order valence-corrected chi connectivity index (χ4v) is 1.86. The van der Waals surface area contributed by atoms with Crippen molar-refractivity contribution in [2.24, 2.45) is 5.92 Å². The molecule has 0 saturated carbocycles. The molecular formula is C10H22N2. The molecule has 72 valence electrons. The molecule has 1 aliphatic rings. The maximum atomic E-state index is 3.40. The molecule has 1 saturated heterocycles. The summed E-state index contributed by atoms with van der Waals surface area (Å²) in [7, 11) is 0. The van der Waals surface area contributed by atoms with Gasteiger partial charge in [0.15, 0.2) is 0 Å². The standard InChI is InChI=1S/C10H22N2/c1-2-11-7-3-4-10-5-8-12-9-6-10/h10-12H,2-9H2,1H3. The van der Waals surface area contributed by atoms with E-state index in [1.54, 1.807) is 0 Å². The second-order valence-corrected chi connectivity index (χ2v) is 3.69. The van der Waals surface area contributed by atoms with Gasteiger partial charge in [-0.3, -0.25) is 0 Å². The zero-order valence-corrected chi connectivity index (χ0v) is 8.23. The van der Waals surface area contributed by atoms with Crippen LogP contribution in [0.4, 0.5) is 0 Å². The van der Waals surface area contributed by atoms with Crippen molar-refractivity contribution in [3.63, 3.8) is 0 Å². The molecular weight excluding hydrogens is 148 g/mol. The Bertz CT molecular complexity index is 98.0. The Labute approximate surface area is 76.1 Å². The second kappa shape index (κ2) is 6.44. The third kappa shape index (κ3) is 4.07. The average Bonchev–Trinajstić information content (AvgIpc) is 2.14. The zero-order valence-electron chi connectivity index (χ0n) is 8.23. The summed E-state index contributed by atoms with van der Waals surface area (Å²) in [5.74, 6) is 1.00. The first-order valence-corrected chi connectivity index (χ1v) is 5.35. The van der Waals surface area contributed by atoms with Crippen LogP contribution in [0.15, 0.2) is 0 Å². The highest BCUT2D eigenvalue weighted by molar-refractivity contribution is 4.68. The second-order valence-electron chi connectivity index (χ2n) is 3.69. The third-order valence-electron chi connectivity index (χ3n) is 2.67. The first-order chi connectivity index (χ1) is 5.93. The van der Waals surface area contributed by atoms with Gasteiger partial charge in [-0.25, -0.2) is 0 Å². The molecule has 0 amide bonds. The molecule has 2 N–H and O–H groups in total. The van der Waals surface area contributed by atoms with Gasteiger partial charge in [-0.15, -0.1) is 0 Å². The lowest BCUT2D eigenvalue weighted by Gasteiger charge is -2.22. The van der Waals surface area contributed by atoms with E-state index < -0.39 is 0 Å². The van der Waals surface area contributed by atoms with Crippen LogP contribution >= 0.6 is 0 Å². The van der Waals surface area contributed by atoms with Crippen LogP contribution in [0.25, 0.3) is 0 Å². The highest BCUT2D eigenvalue weighted by Crippen LogP contribution is 2.16. The van der Waals surface area contributed by atoms with Crippen molar-refractivity contribution in [3.05, 3.63) is 0 Å². The third-order valence-corrected chi connectivity index (χ3v) is 2.67. The number of hydrogen-bond donors (Lipinski definition) is 2. The van der Waals surface area contributed by atoms with Crippen LogP contribution in [0.3, 0.4) is 0 Å². The Kier molecular flexibility index (Phi) is 5.37. The first kappa shape index (κ1) is 10.0. The van der Waals surface area contributed by atoms with Crippen molar-refractivity contribution in [2.75, 3.05) is 26.2 Å². The highest BCUT2D eigenvalue weighted by atomic mass is 14.9. The van der Waals surface area contributed by atoms with E-state index in [0.29, 0.717) is 0 Å². The zero-order chi connectivity index (χ0) is 8.65. The summed E-state index contributed by atoms with van der Waals surface area (Å²) in [6.45, 7) is 6.98. The van der Waals surface area contributed by atoms with Gasteiger partial charge in [-0.1, -0.05) is 6.92 Å². The predicted octanol–water partition coefficient (Wildman–Crippen LogP) is 1.38. The molecule has 2 nitrogen and oxygen atoms in total. The summed E-state index contributed by atoms with van der Waals surface area (Å²) in [6, 6.07) is 0. The van der Waals surface area contributed by atoms with E-state index in [1.807, 2.05) is 0 Å². The molecule has 0 atom stereocenters. The van der Waals surface area contributed by atoms with E-state index in [9.17, 15) is 0 Å². The Morgan fingerprint density at radius 2 is 2.08 bits per heavy atom. The van der Waals surface area contributed by atoms with Crippen LogP contribution in [0.5, 0.6) is 0 Å². The Hall–Kier alpha value is -0.0800. The molecule has 0 aromatic heterocycles. The molecule has 12 heavy (non-hydrogen) atoms. The van der Waals surface area contributed by atoms with E-state index in [-0.39, 0.29) is 0 Å². The minimum Gasteiger partial charge on any atom is -0.317 e. The summed E-state index contributed by atoms with van der Waals surface area (Å²) < 4.78 is 0. The minimum atomic E-state index is 1.00. The largest absolute Gasteiger partial charge is 0.317 e.